The summed E-state index contributed by atoms with van der Waals surface area (Å²) in [6.07, 6.45) is -4.45. The van der Waals surface area contributed by atoms with Crippen molar-refractivity contribution < 1.29 is 17.9 Å². The van der Waals surface area contributed by atoms with E-state index in [0.717, 1.165) is 12.1 Å². The van der Waals surface area contributed by atoms with Crippen LogP contribution >= 0.6 is 15.9 Å². The number of alkyl halides is 3. The molecule has 2 aromatic rings. The fourth-order valence-corrected chi connectivity index (χ4v) is 2.39. The fraction of sp³-hybridized carbons (Fsp3) is 0.250. The Kier molecular flexibility index (Phi) is 3.68. The lowest BCUT2D eigenvalue weighted by Gasteiger charge is -2.13. The number of aryl methyl sites for hydroxylation is 1. The first kappa shape index (κ1) is 14.7. The summed E-state index contributed by atoms with van der Waals surface area (Å²) in [4.78, 5) is 0. The second kappa shape index (κ2) is 5.01. The molecule has 1 aromatic heterocycles. The van der Waals surface area contributed by atoms with Crippen LogP contribution in [0.1, 0.15) is 5.56 Å². The number of nitrogens with two attached hydrogens (primary N) is 1. The Hall–Kier alpha value is -1.70. The molecule has 1 aromatic carbocycles. The van der Waals surface area contributed by atoms with Gasteiger partial charge in [0, 0.05) is 18.7 Å². The van der Waals surface area contributed by atoms with Crippen molar-refractivity contribution in [3.05, 3.63) is 28.2 Å². The Labute approximate surface area is 121 Å². The summed E-state index contributed by atoms with van der Waals surface area (Å²) >= 11 is 3.08. The molecule has 0 amide bonds. The first-order chi connectivity index (χ1) is 9.24. The highest BCUT2D eigenvalue weighted by atomic mass is 79.9. The standard InChI is InChI=1S/C12H11BrF3N3O/c1-19-10(17)5-9(18-19)7-3-6(12(14,15)16)4-8(13)11(7)20-2/h3-5H,17H2,1-2H3. The number of methoxy groups -OCH3 is 1. The number of benzene rings is 1. The molecule has 0 unspecified atom stereocenters. The number of nitrogens with zero attached hydrogens (tertiary/aromatic N) is 2. The van der Waals surface area contributed by atoms with Gasteiger partial charge in [0.25, 0.3) is 0 Å². The van der Waals surface area contributed by atoms with Crippen LogP contribution in [0, 0.1) is 0 Å². The molecule has 0 spiro atoms. The zero-order chi connectivity index (χ0) is 15.1. The highest BCUT2D eigenvalue weighted by molar-refractivity contribution is 9.10. The van der Waals surface area contributed by atoms with Gasteiger partial charge in [-0.25, -0.2) is 0 Å². The Morgan fingerprint density at radius 1 is 1.30 bits per heavy atom. The number of ether oxygens (including phenoxy) is 1. The molecule has 0 fully saturated rings. The summed E-state index contributed by atoms with van der Waals surface area (Å²) in [5.41, 5.74) is 5.41. The maximum atomic E-state index is 12.9. The number of anilines is 1. The Morgan fingerprint density at radius 3 is 2.40 bits per heavy atom. The van der Waals surface area contributed by atoms with Crippen LogP contribution in [0.5, 0.6) is 5.75 Å². The molecular weight excluding hydrogens is 339 g/mol. The molecule has 0 bridgehead atoms. The molecule has 0 atom stereocenters. The quantitative estimate of drug-likeness (QED) is 0.903. The smallest absolute Gasteiger partial charge is 0.416 e. The molecule has 2 N–H and O–H groups in total. The molecule has 0 aliphatic heterocycles. The summed E-state index contributed by atoms with van der Waals surface area (Å²) in [7, 11) is 2.98. The van der Waals surface area contributed by atoms with Crippen LogP contribution < -0.4 is 10.5 Å². The van der Waals surface area contributed by atoms with Crippen molar-refractivity contribution >= 4 is 21.7 Å². The van der Waals surface area contributed by atoms with Crippen molar-refractivity contribution in [1.82, 2.24) is 9.78 Å². The predicted molar refractivity (Wildman–Crippen MR) is 72.3 cm³/mol. The van der Waals surface area contributed by atoms with Gasteiger partial charge in [0.1, 0.15) is 11.6 Å². The van der Waals surface area contributed by atoms with Crippen LogP contribution in [0.2, 0.25) is 0 Å². The third-order valence-corrected chi connectivity index (χ3v) is 3.36. The average Bonchev–Trinajstić information content (AvgIpc) is 2.67. The summed E-state index contributed by atoms with van der Waals surface area (Å²) < 4.78 is 45.3. The van der Waals surface area contributed by atoms with Crippen LogP contribution in [0.4, 0.5) is 19.0 Å². The highest BCUT2D eigenvalue weighted by Gasteiger charge is 2.32. The van der Waals surface area contributed by atoms with Crippen LogP contribution in [0.25, 0.3) is 11.3 Å². The second-order valence-electron chi connectivity index (χ2n) is 4.11. The predicted octanol–water partition coefficient (Wildman–Crippen LogP) is 3.46. The van der Waals surface area contributed by atoms with Crippen molar-refractivity contribution in [2.75, 3.05) is 12.8 Å². The SMILES string of the molecule is COc1c(Br)cc(C(F)(F)F)cc1-c1cc(N)n(C)n1. The van der Waals surface area contributed by atoms with Gasteiger partial charge in [0.15, 0.2) is 0 Å². The first-order valence-electron chi connectivity index (χ1n) is 5.48. The highest BCUT2D eigenvalue weighted by Crippen LogP contribution is 2.41. The summed E-state index contributed by atoms with van der Waals surface area (Å²) in [5, 5.41) is 4.08. The van der Waals surface area contributed by atoms with Gasteiger partial charge in [-0.15, -0.1) is 0 Å². The van der Waals surface area contributed by atoms with E-state index < -0.39 is 11.7 Å². The first-order valence-corrected chi connectivity index (χ1v) is 6.28. The van der Waals surface area contributed by atoms with E-state index >= 15 is 0 Å². The van der Waals surface area contributed by atoms with Gasteiger partial charge in [-0.2, -0.15) is 18.3 Å². The molecule has 8 heteroatoms. The van der Waals surface area contributed by atoms with Crippen LogP contribution in [0.15, 0.2) is 22.7 Å². The minimum atomic E-state index is -4.45. The Balaban J connectivity index is 2.69. The van der Waals surface area contributed by atoms with E-state index in [1.54, 1.807) is 7.05 Å². The molecule has 0 aliphatic carbocycles. The molecule has 0 aliphatic rings. The van der Waals surface area contributed by atoms with Gasteiger partial charge < -0.3 is 10.5 Å². The summed E-state index contributed by atoms with van der Waals surface area (Å²) in [5.74, 6) is 0.617. The number of nitrogen functional groups attached to an aromatic ring is 1. The maximum absolute atomic E-state index is 12.9. The lowest BCUT2D eigenvalue weighted by molar-refractivity contribution is -0.137. The molecular formula is C12H11BrF3N3O. The molecule has 1 heterocycles. The minimum Gasteiger partial charge on any atom is -0.495 e. The lowest BCUT2D eigenvalue weighted by Crippen LogP contribution is -2.06. The van der Waals surface area contributed by atoms with E-state index in [4.69, 9.17) is 10.5 Å². The third kappa shape index (κ3) is 2.60. The Morgan fingerprint density at radius 2 is 1.95 bits per heavy atom. The third-order valence-electron chi connectivity index (χ3n) is 2.77. The van der Waals surface area contributed by atoms with E-state index in [2.05, 4.69) is 21.0 Å². The zero-order valence-corrected chi connectivity index (χ0v) is 12.2. The fourth-order valence-electron chi connectivity index (χ4n) is 1.77. The average molecular weight is 350 g/mol. The molecule has 0 radical (unpaired) electrons. The molecule has 2 rings (SSSR count). The van der Waals surface area contributed by atoms with Gasteiger partial charge in [-0.05, 0) is 28.1 Å². The van der Waals surface area contributed by atoms with Gasteiger partial charge >= 0.3 is 6.18 Å². The number of rotatable bonds is 2. The zero-order valence-electron chi connectivity index (χ0n) is 10.6. The molecule has 0 saturated heterocycles. The van der Waals surface area contributed by atoms with Crippen molar-refractivity contribution in [3.8, 4) is 17.0 Å². The van der Waals surface area contributed by atoms with E-state index in [1.165, 1.54) is 17.9 Å². The molecule has 4 nitrogen and oxygen atoms in total. The molecule has 0 saturated carbocycles. The largest absolute Gasteiger partial charge is 0.495 e. The van der Waals surface area contributed by atoms with E-state index in [1.807, 2.05) is 0 Å². The monoisotopic (exact) mass is 349 g/mol. The van der Waals surface area contributed by atoms with E-state index in [-0.39, 0.29) is 15.8 Å². The van der Waals surface area contributed by atoms with E-state index in [0.29, 0.717) is 11.5 Å². The number of hydrogen-bond acceptors (Lipinski definition) is 3. The second-order valence-corrected chi connectivity index (χ2v) is 4.97. The van der Waals surface area contributed by atoms with Gasteiger partial charge in [0.2, 0.25) is 0 Å². The Bertz CT molecular complexity index is 633. The van der Waals surface area contributed by atoms with Crippen LogP contribution in [-0.2, 0) is 13.2 Å². The maximum Gasteiger partial charge on any atom is 0.416 e. The van der Waals surface area contributed by atoms with E-state index in [9.17, 15) is 13.2 Å². The van der Waals surface area contributed by atoms with Crippen molar-refractivity contribution in [2.24, 2.45) is 7.05 Å². The van der Waals surface area contributed by atoms with Gasteiger partial charge in [-0.1, -0.05) is 0 Å². The van der Waals surface area contributed by atoms with Crippen molar-refractivity contribution in [3.63, 3.8) is 0 Å². The molecule has 108 valence electrons. The van der Waals surface area contributed by atoms with Gasteiger partial charge in [-0.3, -0.25) is 4.68 Å². The van der Waals surface area contributed by atoms with Crippen LogP contribution in [-0.4, -0.2) is 16.9 Å². The van der Waals surface area contributed by atoms with Crippen LogP contribution in [0.3, 0.4) is 0 Å². The van der Waals surface area contributed by atoms with Gasteiger partial charge in [0.05, 0.1) is 22.8 Å². The summed E-state index contributed by atoms with van der Waals surface area (Å²) in [6, 6.07) is 3.45. The summed E-state index contributed by atoms with van der Waals surface area (Å²) in [6.45, 7) is 0. The van der Waals surface area contributed by atoms with Crippen molar-refractivity contribution in [1.29, 1.82) is 0 Å². The van der Waals surface area contributed by atoms with Crippen molar-refractivity contribution in [2.45, 2.75) is 6.18 Å². The number of halogens is 4. The topological polar surface area (TPSA) is 53.1 Å². The number of aromatic nitrogens is 2. The number of hydrogen-bond donors (Lipinski definition) is 1. The molecule has 20 heavy (non-hydrogen) atoms. The lowest BCUT2D eigenvalue weighted by atomic mass is 10.1. The normalized spacial score (nSPS) is 11.7. The minimum absolute atomic E-state index is 0.203.